The van der Waals surface area contributed by atoms with E-state index in [0.29, 0.717) is 24.9 Å². The van der Waals surface area contributed by atoms with E-state index in [2.05, 4.69) is 20.0 Å². The van der Waals surface area contributed by atoms with Crippen molar-refractivity contribution in [2.45, 2.75) is 25.2 Å². The van der Waals surface area contributed by atoms with Gasteiger partial charge in [0.2, 0.25) is 11.7 Å². The third-order valence-electron chi connectivity index (χ3n) is 4.05. The van der Waals surface area contributed by atoms with Crippen molar-refractivity contribution in [1.29, 1.82) is 0 Å². The molecule has 2 aromatic rings. The van der Waals surface area contributed by atoms with Gasteiger partial charge in [-0.25, -0.2) is 4.52 Å². The number of aromatic amines is 1. The Morgan fingerprint density at radius 3 is 2.75 bits per heavy atom. The standard InChI is InChI=1S/C13H17N5O2/c19-11-6-10(9-7-20-8-9)18-12(14-11)15-13(16-18)17-4-2-1-3-5-17/h6,9H,1-5,7-8H2,(H,14,15,16,19). The second-order valence-electron chi connectivity index (χ2n) is 5.49. The van der Waals surface area contributed by atoms with Crippen LogP contribution in [0, 0.1) is 0 Å². The molecule has 0 bridgehead atoms. The highest BCUT2D eigenvalue weighted by Crippen LogP contribution is 2.24. The summed E-state index contributed by atoms with van der Waals surface area (Å²) < 4.78 is 6.98. The van der Waals surface area contributed by atoms with Gasteiger partial charge in [0.05, 0.1) is 18.9 Å². The molecular formula is C13H17N5O2. The van der Waals surface area contributed by atoms with Gasteiger partial charge in [0.25, 0.3) is 5.56 Å². The minimum Gasteiger partial charge on any atom is -0.380 e. The van der Waals surface area contributed by atoms with E-state index in [1.165, 1.54) is 19.3 Å². The zero-order valence-corrected chi connectivity index (χ0v) is 11.2. The van der Waals surface area contributed by atoms with E-state index in [4.69, 9.17) is 4.74 Å². The highest BCUT2D eigenvalue weighted by atomic mass is 16.5. The molecule has 0 aromatic carbocycles. The fraction of sp³-hybridized carbons (Fsp3) is 0.615. The van der Waals surface area contributed by atoms with Crippen LogP contribution >= 0.6 is 0 Å². The molecule has 106 valence electrons. The van der Waals surface area contributed by atoms with Crippen LogP contribution < -0.4 is 10.5 Å². The quantitative estimate of drug-likeness (QED) is 0.865. The number of fused-ring (bicyclic) bond motifs is 1. The minimum absolute atomic E-state index is 0.128. The zero-order chi connectivity index (χ0) is 13.5. The fourth-order valence-corrected chi connectivity index (χ4v) is 2.83. The summed E-state index contributed by atoms with van der Waals surface area (Å²) in [5, 5.41) is 4.59. The highest BCUT2D eigenvalue weighted by Gasteiger charge is 2.26. The van der Waals surface area contributed by atoms with Gasteiger partial charge in [-0.1, -0.05) is 0 Å². The van der Waals surface area contributed by atoms with E-state index >= 15 is 0 Å². The van der Waals surface area contributed by atoms with Gasteiger partial charge in [0, 0.05) is 25.1 Å². The van der Waals surface area contributed by atoms with E-state index in [9.17, 15) is 4.79 Å². The predicted molar refractivity (Wildman–Crippen MR) is 73.2 cm³/mol. The minimum atomic E-state index is -0.128. The van der Waals surface area contributed by atoms with Crippen molar-refractivity contribution < 1.29 is 4.74 Å². The number of ether oxygens (including phenoxy) is 1. The van der Waals surface area contributed by atoms with Gasteiger partial charge in [-0.2, -0.15) is 4.98 Å². The number of nitrogens with one attached hydrogen (secondary N) is 1. The molecular weight excluding hydrogens is 258 g/mol. The Bertz CT molecular complexity index is 682. The molecule has 20 heavy (non-hydrogen) atoms. The molecule has 0 amide bonds. The molecule has 1 N–H and O–H groups in total. The van der Waals surface area contributed by atoms with Gasteiger partial charge in [0.15, 0.2) is 0 Å². The Labute approximate surface area is 115 Å². The molecule has 0 spiro atoms. The van der Waals surface area contributed by atoms with Crippen LogP contribution in [0.15, 0.2) is 10.9 Å². The first kappa shape index (κ1) is 11.9. The van der Waals surface area contributed by atoms with Gasteiger partial charge in [-0.05, 0) is 19.3 Å². The molecule has 4 rings (SSSR count). The molecule has 2 aliphatic rings. The number of H-pyrrole nitrogens is 1. The lowest BCUT2D eigenvalue weighted by Crippen LogP contribution is -2.30. The van der Waals surface area contributed by atoms with Gasteiger partial charge in [-0.3, -0.25) is 9.78 Å². The number of hydrogen-bond donors (Lipinski definition) is 1. The molecule has 2 saturated heterocycles. The molecule has 0 saturated carbocycles. The Kier molecular flexibility index (Phi) is 2.73. The molecule has 0 atom stereocenters. The van der Waals surface area contributed by atoms with E-state index in [0.717, 1.165) is 18.8 Å². The average Bonchev–Trinajstić information content (AvgIpc) is 2.81. The van der Waals surface area contributed by atoms with Crippen LogP contribution in [0.1, 0.15) is 30.9 Å². The maximum Gasteiger partial charge on any atom is 0.252 e. The Morgan fingerprint density at radius 2 is 2.05 bits per heavy atom. The molecule has 2 aliphatic heterocycles. The third-order valence-corrected chi connectivity index (χ3v) is 4.05. The number of hydrogen-bond acceptors (Lipinski definition) is 5. The van der Waals surface area contributed by atoms with Crippen molar-refractivity contribution in [2.24, 2.45) is 0 Å². The van der Waals surface area contributed by atoms with Gasteiger partial charge < -0.3 is 9.64 Å². The molecule has 0 unspecified atom stereocenters. The normalized spacial score (nSPS) is 20.3. The van der Waals surface area contributed by atoms with Gasteiger partial charge in [0.1, 0.15) is 0 Å². The van der Waals surface area contributed by atoms with Crippen LogP contribution in [-0.2, 0) is 4.74 Å². The summed E-state index contributed by atoms with van der Waals surface area (Å²) in [5.41, 5.74) is 0.766. The summed E-state index contributed by atoms with van der Waals surface area (Å²) in [7, 11) is 0. The lowest BCUT2D eigenvalue weighted by Gasteiger charge is -2.26. The van der Waals surface area contributed by atoms with E-state index < -0.39 is 0 Å². The number of nitrogens with zero attached hydrogens (tertiary/aromatic N) is 4. The maximum atomic E-state index is 11.7. The lowest BCUT2D eigenvalue weighted by atomic mass is 10.0. The lowest BCUT2D eigenvalue weighted by molar-refractivity contribution is 0.00580. The second-order valence-corrected chi connectivity index (χ2v) is 5.49. The average molecular weight is 275 g/mol. The van der Waals surface area contributed by atoms with Crippen LogP contribution in [0.5, 0.6) is 0 Å². The van der Waals surface area contributed by atoms with Crippen molar-refractivity contribution in [1.82, 2.24) is 19.6 Å². The SMILES string of the molecule is O=c1cc(C2COC2)n2nc(N3CCCCC3)nc2[nH]1. The summed E-state index contributed by atoms with van der Waals surface area (Å²) in [5.74, 6) is 1.49. The number of aromatic nitrogens is 4. The summed E-state index contributed by atoms with van der Waals surface area (Å²) in [4.78, 5) is 21.2. The third kappa shape index (κ3) is 1.89. The van der Waals surface area contributed by atoms with Gasteiger partial charge in [-0.15, -0.1) is 5.10 Å². The first-order valence-corrected chi connectivity index (χ1v) is 7.14. The van der Waals surface area contributed by atoms with Crippen molar-refractivity contribution in [2.75, 3.05) is 31.2 Å². The van der Waals surface area contributed by atoms with E-state index in [1.54, 1.807) is 10.6 Å². The summed E-state index contributed by atoms with van der Waals surface area (Å²) in [6.45, 7) is 3.28. The zero-order valence-electron chi connectivity index (χ0n) is 11.2. The summed E-state index contributed by atoms with van der Waals surface area (Å²) >= 11 is 0. The Balaban J connectivity index is 1.79. The predicted octanol–water partition coefficient (Wildman–Crippen LogP) is 0.522. The molecule has 0 aliphatic carbocycles. The van der Waals surface area contributed by atoms with Crippen LogP contribution in [0.4, 0.5) is 5.95 Å². The van der Waals surface area contributed by atoms with Crippen LogP contribution in [0.2, 0.25) is 0 Å². The molecule has 0 radical (unpaired) electrons. The first-order valence-electron chi connectivity index (χ1n) is 7.14. The number of rotatable bonds is 2. The molecule has 2 aromatic heterocycles. The molecule has 7 nitrogen and oxygen atoms in total. The molecule has 2 fully saturated rings. The van der Waals surface area contributed by atoms with Crippen LogP contribution in [0.25, 0.3) is 5.78 Å². The van der Waals surface area contributed by atoms with Gasteiger partial charge >= 0.3 is 0 Å². The number of anilines is 1. The van der Waals surface area contributed by atoms with Crippen molar-refractivity contribution in [3.05, 3.63) is 22.1 Å². The molecule has 7 heteroatoms. The molecule has 4 heterocycles. The summed E-state index contributed by atoms with van der Waals surface area (Å²) in [6.07, 6.45) is 3.62. The maximum absolute atomic E-state index is 11.7. The van der Waals surface area contributed by atoms with E-state index in [1.807, 2.05) is 0 Å². The largest absolute Gasteiger partial charge is 0.380 e. The smallest absolute Gasteiger partial charge is 0.252 e. The van der Waals surface area contributed by atoms with Crippen molar-refractivity contribution in [3.63, 3.8) is 0 Å². The van der Waals surface area contributed by atoms with E-state index in [-0.39, 0.29) is 11.5 Å². The Hall–Kier alpha value is -1.89. The first-order chi connectivity index (χ1) is 9.81. The van der Waals surface area contributed by atoms with Crippen LogP contribution in [0.3, 0.4) is 0 Å². The second kappa shape index (κ2) is 4.59. The fourth-order valence-electron chi connectivity index (χ4n) is 2.83. The highest BCUT2D eigenvalue weighted by molar-refractivity contribution is 5.40. The Morgan fingerprint density at radius 1 is 1.25 bits per heavy atom. The monoisotopic (exact) mass is 275 g/mol. The number of piperidine rings is 1. The van der Waals surface area contributed by atoms with Crippen LogP contribution in [-0.4, -0.2) is 45.9 Å². The van der Waals surface area contributed by atoms with Crippen molar-refractivity contribution in [3.8, 4) is 0 Å². The van der Waals surface area contributed by atoms with Crippen molar-refractivity contribution >= 4 is 11.7 Å². The topological polar surface area (TPSA) is 75.5 Å². The summed E-state index contributed by atoms with van der Waals surface area (Å²) in [6, 6.07) is 1.61.